The van der Waals surface area contributed by atoms with Gasteiger partial charge in [0.2, 0.25) is 11.8 Å². The average Bonchev–Trinajstić information content (AvgIpc) is 3.03. The van der Waals surface area contributed by atoms with Crippen LogP contribution in [0.5, 0.6) is 0 Å². The van der Waals surface area contributed by atoms with E-state index in [1.807, 2.05) is 11.8 Å². The first-order chi connectivity index (χ1) is 13.4. The molecule has 6 fully saturated rings. The molecular formula is C23H36N2O2S. The molecule has 4 saturated carbocycles. The molecule has 0 radical (unpaired) electrons. The van der Waals surface area contributed by atoms with E-state index in [1.54, 1.807) is 0 Å². The van der Waals surface area contributed by atoms with E-state index in [-0.39, 0.29) is 10.3 Å². The van der Waals surface area contributed by atoms with Crippen LogP contribution in [0.25, 0.3) is 0 Å². The van der Waals surface area contributed by atoms with E-state index in [0.29, 0.717) is 24.2 Å². The summed E-state index contributed by atoms with van der Waals surface area (Å²) in [7, 11) is 0. The SMILES string of the molecule is CC(C)CC(=O)N1CCSC12CCN(C(=O)C13CC4CC(CC(C4)C1)C3)CC2. The molecule has 6 rings (SSSR count). The summed E-state index contributed by atoms with van der Waals surface area (Å²) < 4.78 is 0. The molecule has 2 saturated heterocycles. The fourth-order valence-electron chi connectivity index (χ4n) is 7.60. The molecule has 0 atom stereocenters. The second kappa shape index (κ2) is 6.92. The third-order valence-corrected chi connectivity index (χ3v) is 9.94. The van der Waals surface area contributed by atoms with Crippen LogP contribution < -0.4 is 0 Å². The van der Waals surface area contributed by atoms with Gasteiger partial charge >= 0.3 is 0 Å². The lowest BCUT2D eigenvalue weighted by atomic mass is 9.49. The van der Waals surface area contributed by atoms with Gasteiger partial charge < -0.3 is 9.80 Å². The van der Waals surface area contributed by atoms with Gasteiger partial charge in [0, 0.05) is 31.8 Å². The molecule has 4 nitrogen and oxygen atoms in total. The van der Waals surface area contributed by atoms with Crippen LogP contribution in [0.15, 0.2) is 0 Å². The summed E-state index contributed by atoms with van der Waals surface area (Å²) in [6.07, 6.45) is 10.2. The van der Waals surface area contributed by atoms with Gasteiger partial charge in [0.15, 0.2) is 0 Å². The minimum Gasteiger partial charge on any atom is -0.342 e. The van der Waals surface area contributed by atoms with Crippen molar-refractivity contribution in [3.63, 3.8) is 0 Å². The van der Waals surface area contributed by atoms with Gasteiger partial charge in [-0.2, -0.15) is 0 Å². The monoisotopic (exact) mass is 404 g/mol. The molecule has 2 amide bonds. The van der Waals surface area contributed by atoms with Crippen LogP contribution in [0.2, 0.25) is 0 Å². The first kappa shape index (κ1) is 19.3. The zero-order valence-corrected chi connectivity index (χ0v) is 18.4. The van der Waals surface area contributed by atoms with E-state index in [1.165, 1.54) is 19.3 Å². The third kappa shape index (κ3) is 3.11. The second-order valence-electron chi connectivity index (χ2n) is 10.9. The van der Waals surface area contributed by atoms with E-state index in [2.05, 4.69) is 23.6 Å². The quantitative estimate of drug-likeness (QED) is 0.710. The van der Waals surface area contributed by atoms with E-state index >= 15 is 0 Å². The fraction of sp³-hybridized carbons (Fsp3) is 0.913. The summed E-state index contributed by atoms with van der Waals surface area (Å²) in [5, 5.41) is 0. The zero-order valence-electron chi connectivity index (χ0n) is 17.6. The highest BCUT2D eigenvalue weighted by Gasteiger charge is 2.56. The minimum absolute atomic E-state index is 0.0186. The highest BCUT2D eigenvalue weighted by molar-refractivity contribution is 8.00. The lowest BCUT2D eigenvalue weighted by molar-refractivity contribution is -0.159. The Balaban J connectivity index is 1.26. The molecule has 0 aromatic carbocycles. The maximum Gasteiger partial charge on any atom is 0.228 e. The molecule has 2 heterocycles. The summed E-state index contributed by atoms with van der Waals surface area (Å²) in [6.45, 7) is 6.83. The predicted octanol–water partition coefficient (Wildman–Crippen LogP) is 4.14. The van der Waals surface area contributed by atoms with Crippen molar-refractivity contribution in [1.82, 2.24) is 9.80 Å². The summed E-state index contributed by atoms with van der Waals surface area (Å²) in [5.74, 6) is 4.72. The highest BCUT2D eigenvalue weighted by atomic mass is 32.2. The van der Waals surface area contributed by atoms with Crippen LogP contribution >= 0.6 is 11.8 Å². The third-order valence-electron chi connectivity index (χ3n) is 8.39. The van der Waals surface area contributed by atoms with E-state index in [4.69, 9.17) is 0 Å². The van der Waals surface area contributed by atoms with Gasteiger partial charge in [0.05, 0.1) is 10.3 Å². The topological polar surface area (TPSA) is 40.6 Å². The van der Waals surface area contributed by atoms with Crippen molar-refractivity contribution in [2.45, 2.75) is 76.5 Å². The van der Waals surface area contributed by atoms with Crippen LogP contribution in [0, 0.1) is 29.1 Å². The largest absolute Gasteiger partial charge is 0.342 e. The van der Waals surface area contributed by atoms with Crippen molar-refractivity contribution in [2.24, 2.45) is 29.1 Å². The molecule has 4 bridgehead atoms. The number of rotatable bonds is 3. The lowest BCUT2D eigenvalue weighted by Crippen LogP contribution is -2.59. The normalized spacial score (nSPS) is 38.6. The molecular weight excluding hydrogens is 368 g/mol. The molecule has 0 N–H and O–H groups in total. The number of piperidine rings is 1. The van der Waals surface area contributed by atoms with Gasteiger partial charge in [0.25, 0.3) is 0 Å². The van der Waals surface area contributed by atoms with Crippen LogP contribution in [0.3, 0.4) is 0 Å². The molecule has 2 aliphatic heterocycles. The Morgan fingerprint density at radius 1 is 0.964 bits per heavy atom. The number of carbonyl (C=O) groups is 2. The Bertz CT molecular complexity index is 618. The molecule has 6 aliphatic rings. The molecule has 0 aromatic heterocycles. The average molecular weight is 405 g/mol. The van der Waals surface area contributed by atoms with E-state index in [0.717, 1.165) is 75.2 Å². The summed E-state index contributed by atoms with van der Waals surface area (Å²) in [4.78, 5) is 30.8. The van der Waals surface area contributed by atoms with E-state index in [9.17, 15) is 9.59 Å². The Labute approximate surface area is 174 Å². The van der Waals surface area contributed by atoms with Crippen LogP contribution in [-0.2, 0) is 9.59 Å². The number of thioether (sulfide) groups is 1. The number of likely N-dealkylation sites (tertiary alicyclic amines) is 1. The summed E-state index contributed by atoms with van der Waals surface area (Å²) in [6, 6.07) is 0. The van der Waals surface area contributed by atoms with Crippen LogP contribution in [0.4, 0.5) is 0 Å². The maximum atomic E-state index is 13.7. The highest BCUT2D eigenvalue weighted by Crippen LogP contribution is 2.60. The lowest BCUT2D eigenvalue weighted by Gasteiger charge is -2.57. The smallest absolute Gasteiger partial charge is 0.228 e. The van der Waals surface area contributed by atoms with Crippen molar-refractivity contribution in [3.8, 4) is 0 Å². The van der Waals surface area contributed by atoms with Crippen molar-refractivity contribution >= 4 is 23.6 Å². The van der Waals surface area contributed by atoms with Gasteiger partial charge in [-0.05, 0) is 75.0 Å². The van der Waals surface area contributed by atoms with Gasteiger partial charge in [-0.1, -0.05) is 13.8 Å². The summed E-state index contributed by atoms with van der Waals surface area (Å²) in [5.41, 5.74) is -0.0186. The summed E-state index contributed by atoms with van der Waals surface area (Å²) >= 11 is 1.97. The van der Waals surface area contributed by atoms with Crippen molar-refractivity contribution in [3.05, 3.63) is 0 Å². The first-order valence-electron chi connectivity index (χ1n) is 11.6. The van der Waals surface area contributed by atoms with Crippen molar-refractivity contribution in [1.29, 1.82) is 0 Å². The Hall–Kier alpha value is -0.710. The number of nitrogens with zero attached hydrogens (tertiary/aromatic N) is 2. The standard InChI is InChI=1S/C23H36N2O2S/c1-16(2)9-20(26)25-7-8-28-23(25)3-5-24(6-4-23)21(27)22-13-17-10-18(14-22)12-19(11-17)15-22/h16-19H,3-15H2,1-2H3. The van der Waals surface area contributed by atoms with Gasteiger partial charge in [0.1, 0.15) is 0 Å². The van der Waals surface area contributed by atoms with Crippen molar-refractivity contribution in [2.75, 3.05) is 25.4 Å². The minimum atomic E-state index is -0.0375. The molecule has 5 heteroatoms. The van der Waals surface area contributed by atoms with Gasteiger partial charge in [-0.3, -0.25) is 9.59 Å². The number of amides is 2. The maximum absolute atomic E-state index is 13.7. The van der Waals surface area contributed by atoms with Crippen LogP contribution in [-0.4, -0.2) is 51.9 Å². The number of hydrogen-bond donors (Lipinski definition) is 0. The van der Waals surface area contributed by atoms with Crippen molar-refractivity contribution < 1.29 is 9.59 Å². The van der Waals surface area contributed by atoms with Gasteiger partial charge in [-0.25, -0.2) is 0 Å². The number of hydrogen-bond acceptors (Lipinski definition) is 3. The first-order valence-corrected chi connectivity index (χ1v) is 12.6. The van der Waals surface area contributed by atoms with Gasteiger partial charge in [-0.15, -0.1) is 11.8 Å². The second-order valence-corrected chi connectivity index (χ2v) is 12.4. The number of carbonyl (C=O) groups excluding carboxylic acids is 2. The Kier molecular flexibility index (Phi) is 4.76. The fourth-order valence-corrected chi connectivity index (χ4v) is 9.08. The predicted molar refractivity (Wildman–Crippen MR) is 113 cm³/mol. The molecule has 1 spiro atoms. The molecule has 4 aliphatic carbocycles. The molecule has 156 valence electrons. The molecule has 0 aromatic rings. The Morgan fingerprint density at radius 2 is 1.54 bits per heavy atom. The zero-order chi connectivity index (χ0) is 19.5. The van der Waals surface area contributed by atoms with E-state index < -0.39 is 0 Å². The van der Waals surface area contributed by atoms with Crippen LogP contribution in [0.1, 0.15) is 71.6 Å². The Morgan fingerprint density at radius 3 is 2.07 bits per heavy atom. The molecule has 0 unspecified atom stereocenters. The molecule has 28 heavy (non-hydrogen) atoms.